The molecule has 1 aromatic carbocycles. The number of rotatable bonds is 4. The maximum absolute atomic E-state index is 12.7. The highest BCUT2D eigenvalue weighted by Gasteiger charge is 2.45. The van der Waals surface area contributed by atoms with E-state index in [0.29, 0.717) is 25.6 Å². The molecule has 4 rings (SSSR count). The molecule has 122 valence electrons. The highest BCUT2D eigenvalue weighted by molar-refractivity contribution is 7.90. The zero-order chi connectivity index (χ0) is 15.9. The van der Waals surface area contributed by atoms with Crippen molar-refractivity contribution in [3.8, 4) is 5.69 Å². The van der Waals surface area contributed by atoms with E-state index in [9.17, 15) is 8.42 Å². The lowest BCUT2D eigenvalue weighted by Crippen LogP contribution is -2.45. The fourth-order valence-corrected chi connectivity index (χ4v) is 4.85. The standard InChI is InChI=1S/C15H18N4O3S/c20-23(21,13-6-7-13)18-8-9-22-10-14(18)15-16-11-17-19(15)12-4-2-1-3-5-12/h1-5,11,13-14H,6-10H2/t14-/m0/s1. The van der Waals surface area contributed by atoms with Gasteiger partial charge in [0.25, 0.3) is 0 Å². The molecule has 1 aliphatic heterocycles. The van der Waals surface area contributed by atoms with Crippen LogP contribution in [-0.2, 0) is 14.8 Å². The summed E-state index contributed by atoms with van der Waals surface area (Å²) in [5.74, 6) is 0.597. The predicted molar refractivity (Wildman–Crippen MR) is 83.6 cm³/mol. The lowest BCUT2D eigenvalue weighted by molar-refractivity contribution is 0.0281. The van der Waals surface area contributed by atoms with Crippen LogP contribution in [0.2, 0.25) is 0 Å². The van der Waals surface area contributed by atoms with Gasteiger partial charge in [0.2, 0.25) is 10.0 Å². The molecular weight excluding hydrogens is 316 g/mol. The number of nitrogens with zero attached hydrogens (tertiary/aromatic N) is 4. The van der Waals surface area contributed by atoms with Gasteiger partial charge >= 0.3 is 0 Å². The number of benzene rings is 1. The number of aromatic nitrogens is 3. The molecule has 23 heavy (non-hydrogen) atoms. The monoisotopic (exact) mass is 334 g/mol. The third kappa shape index (κ3) is 2.66. The predicted octanol–water partition coefficient (Wildman–Crippen LogP) is 1.13. The maximum Gasteiger partial charge on any atom is 0.217 e. The molecule has 2 aromatic rings. The number of ether oxygens (including phenoxy) is 1. The van der Waals surface area contributed by atoms with Crippen LogP contribution in [0.3, 0.4) is 0 Å². The van der Waals surface area contributed by atoms with Gasteiger partial charge in [-0.05, 0) is 25.0 Å². The average molecular weight is 334 g/mol. The van der Waals surface area contributed by atoms with E-state index in [0.717, 1.165) is 18.5 Å². The van der Waals surface area contributed by atoms with Crippen molar-refractivity contribution in [1.29, 1.82) is 0 Å². The Morgan fingerprint density at radius 2 is 1.96 bits per heavy atom. The smallest absolute Gasteiger partial charge is 0.217 e. The third-order valence-corrected chi connectivity index (χ3v) is 6.63. The van der Waals surface area contributed by atoms with Crippen molar-refractivity contribution < 1.29 is 13.2 Å². The number of para-hydroxylation sites is 1. The van der Waals surface area contributed by atoms with E-state index in [1.165, 1.54) is 6.33 Å². The van der Waals surface area contributed by atoms with Crippen LogP contribution in [0, 0.1) is 0 Å². The molecule has 1 saturated heterocycles. The molecule has 1 saturated carbocycles. The number of sulfonamides is 1. The van der Waals surface area contributed by atoms with Crippen molar-refractivity contribution in [3.63, 3.8) is 0 Å². The van der Waals surface area contributed by atoms with Crippen molar-refractivity contribution in [2.75, 3.05) is 19.8 Å². The molecule has 7 nitrogen and oxygen atoms in total. The van der Waals surface area contributed by atoms with E-state index in [2.05, 4.69) is 10.1 Å². The molecule has 8 heteroatoms. The highest BCUT2D eigenvalue weighted by Crippen LogP contribution is 2.36. The Labute approximate surface area is 134 Å². The minimum absolute atomic E-state index is 0.240. The zero-order valence-electron chi connectivity index (χ0n) is 12.6. The number of morpholine rings is 1. The molecule has 1 aliphatic carbocycles. The minimum Gasteiger partial charge on any atom is -0.378 e. The second-order valence-corrected chi connectivity index (χ2v) is 7.98. The molecule has 1 aromatic heterocycles. The summed E-state index contributed by atoms with van der Waals surface area (Å²) in [6, 6.07) is 9.15. The molecule has 2 heterocycles. The summed E-state index contributed by atoms with van der Waals surface area (Å²) in [5.41, 5.74) is 0.856. The molecule has 2 fully saturated rings. The van der Waals surface area contributed by atoms with Gasteiger partial charge in [-0.1, -0.05) is 18.2 Å². The van der Waals surface area contributed by atoms with Crippen LogP contribution >= 0.6 is 0 Å². The van der Waals surface area contributed by atoms with Gasteiger partial charge in [-0.2, -0.15) is 9.40 Å². The Balaban J connectivity index is 1.73. The van der Waals surface area contributed by atoms with Crippen molar-refractivity contribution in [2.45, 2.75) is 24.1 Å². The van der Waals surface area contributed by atoms with E-state index in [1.54, 1.807) is 8.99 Å². The summed E-state index contributed by atoms with van der Waals surface area (Å²) < 4.78 is 34.2. The van der Waals surface area contributed by atoms with E-state index >= 15 is 0 Å². The van der Waals surface area contributed by atoms with Crippen LogP contribution in [0.5, 0.6) is 0 Å². The van der Waals surface area contributed by atoms with Gasteiger partial charge in [0.15, 0.2) is 5.82 Å². The van der Waals surface area contributed by atoms with Gasteiger partial charge in [-0.3, -0.25) is 0 Å². The van der Waals surface area contributed by atoms with Crippen molar-refractivity contribution in [2.24, 2.45) is 0 Å². The van der Waals surface area contributed by atoms with Gasteiger partial charge in [0.05, 0.1) is 24.2 Å². The summed E-state index contributed by atoms with van der Waals surface area (Å²) in [6.45, 7) is 1.09. The van der Waals surface area contributed by atoms with Crippen molar-refractivity contribution >= 4 is 10.0 Å². The molecule has 0 radical (unpaired) electrons. The summed E-state index contributed by atoms with van der Waals surface area (Å²) in [5, 5.41) is 4.03. The zero-order valence-corrected chi connectivity index (χ0v) is 13.4. The van der Waals surface area contributed by atoms with E-state index < -0.39 is 16.1 Å². The van der Waals surface area contributed by atoms with Crippen LogP contribution in [0.1, 0.15) is 24.7 Å². The minimum atomic E-state index is -3.29. The first kappa shape index (κ1) is 14.8. The SMILES string of the molecule is O=S(=O)(C1CC1)N1CCOC[C@H]1c1ncnn1-c1ccccc1. The fourth-order valence-electron chi connectivity index (χ4n) is 2.90. The Bertz CT molecular complexity index is 786. The van der Waals surface area contributed by atoms with Crippen LogP contribution < -0.4 is 0 Å². The van der Waals surface area contributed by atoms with Gasteiger partial charge in [0.1, 0.15) is 12.4 Å². The molecule has 1 atom stereocenters. The molecule has 0 amide bonds. The second-order valence-electron chi connectivity index (χ2n) is 5.81. The topological polar surface area (TPSA) is 77.3 Å². The molecule has 0 bridgehead atoms. The summed E-state index contributed by atoms with van der Waals surface area (Å²) in [6.07, 6.45) is 2.95. The first-order chi connectivity index (χ1) is 11.2. The van der Waals surface area contributed by atoms with E-state index in [1.807, 2.05) is 30.3 Å². The van der Waals surface area contributed by atoms with Crippen LogP contribution in [0.15, 0.2) is 36.7 Å². The molecular formula is C15H18N4O3S. The van der Waals surface area contributed by atoms with Crippen LogP contribution in [-0.4, -0.2) is 52.5 Å². The first-order valence-electron chi connectivity index (χ1n) is 7.71. The van der Waals surface area contributed by atoms with Crippen molar-refractivity contribution in [3.05, 3.63) is 42.5 Å². The Hall–Kier alpha value is -1.77. The highest BCUT2D eigenvalue weighted by atomic mass is 32.2. The number of hydrogen-bond donors (Lipinski definition) is 0. The second kappa shape index (κ2) is 5.70. The van der Waals surface area contributed by atoms with E-state index in [4.69, 9.17) is 4.74 Å². The lowest BCUT2D eigenvalue weighted by Gasteiger charge is -2.34. The Kier molecular flexibility index (Phi) is 3.67. The largest absolute Gasteiger partial charge is 0.378 e. The Morgan fingerprint density at radius 3 is 2.70 bits per heavy atom. The van der Waals surface area contributed by atoms with Gasteiger partial charge < -0.3 is 4.74 Å². The summed E-state index contributed by atoms with van der Waals surface area (Å²) in [4.78, 5) is 4.33. The lowest BCUT2D eigenvalue weighted by atomic mass is 10.2. The van der Waals surface area contributed by atoms with Gasteiger partial charge in [0, 0.05) is 6.54 Å². The third-order valence-electron chi connectivity index (χ3n) is 4.22. The molecule has 0 spiro atoms. The fraction of sp³-hybridized carbons (Fsp3) is 0.467. The van der Waals surface area contributed by atoms with E-state index in [-0.39, 0.29) is 5.25 Å². The maximum atomic E-state index is 12.7. The molecule has 0 unspecified atom stereocenters. The van der Waals surface area contributed by atoms with Crippen LogP contribution in [0.4, 0.5) is 0 Å². The quantitative estimate of drug-likeness (QED) is 0.838. The summed E-state index contributed by atoms with van der Waals surface area (Å²) >= 11 is 0. The molecule has 2 aliphatic rings. The number of hydrogen-bond acceptors (Lipinski definition) is 5. The Morgan fingerprint density at radius 1 is 1.17 bits per heavy atom. The van der Waals surface area contributed by atoms with Crippen LogP contribution in [0.25, 0.3) is 5.69 Å². The average Bonchev–Trinajstić information content (AvgIpc) is 3.34. The summed E-state index contributed by atoms with van der Waals surface area (Å²) in [7, 11) is -3.29. The first-order valence-corrected chi connectivity index (χ1v) is 9.22. The normalized spacial score (nSPS) is 23.0. The van der Waals surface area contributed by atoms with Gasteiger partial charge in [-0.25, -0.2) is 18.1 Å². The molecule has 0 N–H and O–H groups in total. The van der Waals surface area contributed by atoms with Crippen molar-refractivity contribution in [1.82, 2.24) is 19.1 Å². The van der Waals surface area contributed by atoms with Gasteiger partial charge in [-0.15, -0.1) is 0 Å².